The van der Waals surface area contributed by atoms with Gasteiger partial charge in [-0.25, -0.2) is 4.79 Å². The van der Waals surface area contributed by atoms with Gasteiger partial charge < -0.3 is 9.72 Å². The van der Waals surface area contributed by atoms with E-state index in [0.717, 1.165) is 5.52 Å². The minimum absolute atomic E-state index is 0.172. The molecular weight excluding hydrogens is 206 g/mol. The number of fused-ring (bicyclic) bond motifs is 1. The van der Waals surface area contributed by atoms with Crippen molar-refractivity contribution in [1.82, 2.24) is 4.98 Å². The van der Waals surface area contributed by atoms with E-state index in [1.54, 1.807) is 25.1 Å². The Kier molecular flexibility index (Phi) is 2.56. The number of aromatic nitrogens is 1. The third-order valence-corrected chi connectivity index (χ3v) is 2.26. The van der Waals surface area contributed by atoms with E-state index in [-0.39, 0.29) is 18.0 Å². The van der Waals surface area contributed by atoms with Gasteiger partial charge in [-0.05, 0) is 19.1 Å². The van der Waals surface area contributed by atoms with E-state index in [9.17, 15) is 4.79 Å². The zero-order valence-corrected chi connectivity index (χ0v) is 8.73. The third-order valence-electron chi connectivity index (χ3n) is 2.26. The van der Waals surface area contributed by atoms with Gasteiger partial charge in [0.25, 0.3) is 0 Å². The Hall–Kier alpha value is -2.35. The number of diazo groups is 1. The molecule has 0 aliphatic rings. The second-order valence-electron chi connectivity index (χ2n) is 3.21. The van der Waals surface area contributed by atoms with Gasteiger partial charge in [0.15, 0.2) is 4.98 Å². The van der Waals surface area contributed by atoms with Crippen molar-refractivity contribution in [3.05, 3.63) is 34.9 Å². The van der Waals surface area contributed by atoms with Crippen LogP contribution in [0.25, 0.3) is 15.9 Å². The molecular formula is C11H10N3O2+. The largest absolute Gasteiger partial charge is 0.461 e. The summed E-state index contributed by atoms with van der Waals surface area (Å²) in [5, 5.41) is 9.61. The standard InChI is InChI=1S/C11H9N3O2/c1-2-16-11(15)10-9(14-12)7-5-3-4-6-8(7)13-10/h3-6H,2H2,1H3/p+1. The number of carbonyl (C=O) groups is 1. The first-order valence-corrected chi connectivity index (χ1v) is 4.90. The van der Waals surface area contributed by atoms with Crippen molar-refractivity contribution >= 4 is 22.6 Å². The van der Waals surface area contributed by atoms with Crippen LogP contribution in [-0.4, -0.2) is 17.6 Å². The summed E-state index contributed by atoms with van der Waals surface area (Å²) in [5.74, 6) is -0.522. The second-order valence-corrected chi connectivity index (χ2v) is 3.21. The van der Waals surface area contributed by atoms with Gasteiger partial charge in [-0.3, -0.25) is 0 Å². The van der Waals surface area contributed by atoms with E-state index in [4.69, 9.17) is 10.1 Å². The fourth-order valence-corrected chi connectivity index (χ4v) is 1.58. The van der Waals surface area contributed by atoms with Crippen molar-refractivity contribution in [3.63, 3.8) is 0 Å². The van der Waals surface area contributed by atoms with Crippen LogP contribution in [0, 0.1) is 5.39 Å². The number of H-pyrrole nitrogens is 1. The zero-order chi connectivity index (χ0) is 11.5. The molecule has 0 saturated heterocycles. The topological polar surface area (TPSA) is 70.2 Å². The molecule has 0 bridgehead atoms. The Morgan fingerprint density at radius 3 is 2.94 bits per heavy atom. The number of nitrogens with one attached hydrogen (secondary N) is 1. The lowest BCUT2D eigenvalue weighted by molar-refractivity contribution is 0.0522. The number of carbonyl (C=O) groups excluding carboxylic acids is 1. The van der Waals surface area contributed by atoms with Crippen LogP contribution in [0.4, 0.5) is 5.69 Å². The molecule has 16 heavy (non-hydrogen) atoms. The molecule has 0 fully saturated rings. The molecule has 80 valence electrons. The first-order valence-electron chi connectivity index (χ1n) is 4.90. The predicted octanol–water partition coefficient (Wildman–Crippen LogP) is 2.83. The molecule has 0 radical (unpaired) electrons. The maximum Gasteiger partial charge on any atom is 0.424 e. The fraction of sp³-hybridized carbons (Fsp3) is 0.182. The van der Waals surface area contributed by atoms with Crippen LogP contribution < -0.4 is 0 Å². The van der Waals surface area contributed by atoms with E-state index in [0.29, 0.717) is 5.39 Å². The maximum absolute atomic E-state index is 11.6. The Labute approximate surface area is 91.7 Å². The van der Waals surface area contributed by atoms with Gasteiger partial charge in [0.05, 0.1) is 17.5 Å². The van der Waals surface area contributed by atoms with Gasteiger partial charge >= 0.3 is 11.7 Å². The van der Waals surface area contributed by atoms with Crippen LogP contribution in [0.3, 0.4) is 0 Å². The number of aromatic amines is 1. The molecule has 1 N–H and O–H groups in total. The maximum atomic E-state index is 11.6. The van der Waals surface area contributed by atoms with Gasteiger partial charge in [0.2, 0.25) is 11.1 Å². The lowest BCUT2D eigenvalue weighted by Gasteiger charge is -1.95. The Bertz CT molecular complexity index is 580. The Morgan fingerprint density at radius 2 is 2.25 bits per heavy atom. The summed E-state index contributed by atoms with van der Waals surface area (Å²) < 4.78 is 4.86. The van der Waals surface area contributed by atoms with Crippen molar-refractivity contribution in [1.29, 1.82) is 5.39 Å². The number of nitrogens with zero attached hydrogens (tertiary/aromatic N) is 2. The summed E-state index contributed by atoms with van der Waals surface area (Å²) in [4.78, 5) is 17.6. The van der Waals surface area contributed by atoms with Gasteiger partial charge in [-0.2, -0.15) is 0 Å². The van der Waals surface area contributed by atoms with Crippen LogP contribution in [-0.2, 0) is 4.74 Å². The summed E-state index contributed by atoms with van der Waals surface area (Å²) in [6.07, 6.45) is 0. The van der Waals surface area contributed by atoms with Crippen molar-refractivity contribution in [2.75, 3.05) is 6.61 Å². The van der Waals surface area contributed by atoms with Gasteiger partial charge in [0, 0.05) is 0 Å². The number of para-hydroxylation sites is 1. The molecule has 5 nitrogen and oxygen atoms in total. The summed E-state index contributed by atoms with van der Waals surface area (Å²) in [6.45, 7) is 2.00. The van der Waals surface area contributed by atoms with Gasteiger partial charge in [0.1, 0.15) is 0 Å². The molecule has 1 aromatic carbocycles. The average Bonchev–Trinajstić information content (AvgIpc) is 2.67. The molecule has 5 heteroatoms. The Morgan fingerprint density at radius 1 is 1.50 bits per heavy atom. The molecule has 0 amide bonds. The molecule has 1 aromatic heterocycles. The molecule has 0 aliphatic heterocycles. The number of ether oxygens (including phenoxy) is 1. The monoisotopic (exact) mass is 216 g/mol. The fourth-order valence-electron chi connectivity index (χ4n) is 1.58. The summed E-state index contributed by atoms with van der Waals surface area (Å²) >= 11 is 0. The molecule has 0 aliphatic carbocycles. The van der Waals surface area contributed by atoms with Crippen molar-refractivity contribution in [2.45, 2.75) is 6.92 Å². The predicted molar refractivity (Wildman–Crippen MR) is 59.0 cm³/mol. The number of hydrogen-bond acceptors (Lipinski definition) is 3. The van der Waals surface area contributed by atoms with Crippen LogP contribution in [0.2, 0.25) is 0 Å². The van der Waals surface area contributed by atoms with Crippen LogP contribution >= 0.6 is 0 Å². The van der Waals surface area contributed by atoms with Crippen molar-refractivity contribution < 1.29 is 9.53 Å². The van der Waals surface area contributed by atoms with Crippen LogP contribution in [0.1, 0.15) is 17.4 Å². The first-order chi connectivity index (χ1) is 7.77. The van der Waals surface area contributed by atoms with Gasteiger partial charge in [-0.1, -0.05) is 12.1 Å². The van der Waals surface area contributed by atoms with Crippen LogP contribution in [0.5, 0.6) is 0 Å². The molecule has 0 saturated carbocycles. The first kappa shape index (κ1) is 10.2. The second kappa shape index (κ2) is 4.03. The highest BCUT2D eigenvalue weighted by molar-refractivity contribution is 6.06. The van der Waals surface area contributed by atoms with Crippen molar-refractivity contribution in [2.24, 2.45) is 0 Å². The average molecular weight is 216 g/mol. The summed E-state index contributed by atoms with van der Waals surface area (Å²) in [6, 6.07) is 7.20. The highest BCUT2D eigenvalue weighted by atomic mass is 16.5. The Balaban J connectivity index is 2.62. The lowest BCUT2D eigenvalue weighted by Crippen LogP contribution is -2.04. The molecule has 1 heterocycles. The van der Waals surface area contributed by atoms with E-state index in [1.165, 1.54) is 0 Å². The van der Waals surface area contributed by atoms with E-state index < -0.39 is 5.97 Å². The molecule has 2 aromatic rings. The molecule has 0 spiro atoms. The molecule has 0 atom stereocenters. The number of esters is 1. The zero-order valence-electron chi connectivity index (χ0n) is 8.73. The highest BCUT2D eigenvalue weighted by Gasteiger charge is 2.28. The minimum Gasteiger partial charge on any atom is -0.461 e. The quantitative estimate of drug-likeness (QED) is 0.619. The third kappa shape index (κ3) is 1.50. The SMILES string of the molecule is CCOC(=O)c1[nH]c2ccccc2c1[N+]#N. The lowest BCUT2D eigenvalue weighted by atomic mass is 10.2. The van der Waals surface area contributed by atoms with E-state index in [2.05, 4.69) is 9.96 Å². The van der Waals surface area contributed by atoms with Crippen LogP contribution in [0.15, 0.2) is 24.3 Å². The smallest absolute Gasteiger partial charge is 0.424 e. The highest BCUT2D eigenvalue weighted by Crippen LogP contribution is 2.30. The minimum atomic E-state index is -0.522. The number of rotatable bonds is 2. The normalized spacial score (nSPS) is 10.0. The summed E-state index contributed by atoms with van der Waals surface area (Å²) in [7, 11) is 0. The number of benzene rings is 1. The number of hydrogen-bond donors (Lipinski definition) is 1. The van der Waals surface area contributed by atoms with E-state index >= 15 is 0 Å². The summed E-state index contributed by atoms with van der Waals surface area (Å²) in [5.41, 5.74) is 1.12. The molecule has 0 unspecified atom stereocenters. The van der Waals surface area contributed by atoms with Crippen molar-refractivity contribution in [3.8, 4) is 0 Å². The van der Waals surface area contributed by atoms with Gasteiger partial charge in [-0.15, -0.1) is 0 Å². The molecule has 2 rings (SSSR count). The van der Waals surface area contributed by atoms with E-state index in [1.807, 2.05) is 6.07 Å².